The highest BCUT2D eigenvalue weighted by molar-refractivity contribution is 5.93. The lowest BCUT2D eigenvalue weighted by atomic mass is 9.93. The molecular formula is C19H24N2O3. The van der Waals surface area contributed by atoms with Crippen LogP contribution in [0.3, 0.4) is 0 Å². The van der Waals surface area contributed by atoms with Crippen molar-refractivity contribution in [3.63, 3.8) is 0 Å². The summed E-state index contributed by atoms with van der Waals surface area (Å²) in [6.45, 7) is 2.04. The van der Waals surface area contributed by atoms with Crippen molar-refractivity contribution >= 4 is 16.8 Å². The molecule has 128 valence electrons. The van der Waals surface area contributed by atoms with Gasteiger partial charge in [-0.2, -0.15) is 0 Å². The number of aromatic amines is 1. The van der Waals surface area contributed by atoms with E-state index < -0.39 is 0 Å². The van der Waals surface area contributed by atoms with Crippen LogP contribution in [0.15, 0.2) is 24.4 Å². The van der Waals surface area contributed by atoms with Crippen molar-refractivity contribution in [2.45, 2.75) is 37.6 Å². The summed E-state index contributed by atoms with van der Waals surface area (Å²) in [7, 11) is 1.67. The molecule has 5 heteroatoms. The van der Waals surface area contributed by atoms with Crippen LogP contribution in [0.4, 0.5) is 0 Å². The average Bonchev–Trinajstić information content (AvgIpc) is 3.23. The number of nitrogens with zero attached hydrogens (tertiary/aromatic N) is 1. The molecule has 0 radical (unpaired) electrons. The zero-order valence-electron chi connectivity index (χ0n) is 14.1. The topological polar surface area (TPSA) is 54.6 Å². The van der Waals surface area contributed by atoms with Crippen LogP contribution in [0.1, 0.15) is 31.2 Å². The van der Waals surface area contributed by atoms with Gasteiger partial charge < -0.3 is 19.4 Å². The Kier molecular flexibility index (Phi) is 3.96. The maximum Gasteiger partial charge on any atom is 0.227 e. The minimum atomic E-state index is -0.0640. The number of fused-ring (bicyclic) bond motifs is 1. The first kappa shape index (κ1) is 15.5. The molecular weight excluding hydrogens is 304 g/mol. The first-order valence-corrected chi connectivity index (χ1v) is 8.75. The number of aromatic nitrogens is 1. The Morgan fingerprint density at radius 1 is 1.38 bits per heavy atom. The smallest absolute Gasteiger partial charge is 0.227 e. The maximum atomic E-state index is 13.1. The minimum Gasteiger partial charge on any atom is -0.496 e. The molecule has 0 bridgehead atoms. The Balaban J connectivity index is 1.62. The summed E-state index contributed by atoms with van der Waals surface area (Å²) in [4.78, 5) is 18.4. The number of benzene rings is 1. The van der Waals surface area contributed by atoms with Gasteiger partial charge in [0.1, 0.15) is 5.75 Å². The molecule has 2 aromatic rings. The first-order valence-electron chi connectivity index (χ1n) is 8.75. The number of amides is 1. The van der Waals surface area contributed by atoms with Crippen LogP contribution >= 0.6 is 0 Å². The van der Waals surface area contributed by atoms with E-state index in [1.165, 1.54) is 12.8 Å². The highest BCUT2D eigenvalue weighted by Crippen LogP contribution is 2.38. The second kappa shape index (κ2) is 6.13. The van der Waals surface area contributed by atoms with E-state index in [1.807, 2.05) is 24.4 Å². The van der Waals surface area contributed by atoms with Crippen molar-refractivity contribution in [1.82, 2.24) is 9.88 Å². The number of morpholine rings is 1. The van der Waals surface area contributed by atoms with Gasteiger partial charge in [-0.05, 0) is 30.5 Å². The van der Waals surface area contributed by atoms with Gasteiger partial charge in [0.05, 0.1) is 32.3 Å². The number of rotatable bonds is 3. The van der Waals surface area contributed by atoms with Crippen LogP contribution < -0.4 is 4.74 Å². The minimum absolute atomic E-state index is 0.0640. The molecule has 2 aliphatic rings. The summed E-state index contributed by atoms with van der Waals surface area (Å²) in [6.07, 6.45) is 6.85. The van der Waals surface area contributed by atoms with Gasteiger partial charge in [-0.15, -0.1) is 0 Å². The van der Waals surface area contributed by atoms with Gasteiger partial charge in [-0.1, -0.05) is 18.9 Å². The molecule has 2 fully saturated rings. The number of carbonyl (C=O) groups excluding carboxylic acids is 1. The summed E-state index contributed by atoms with van der Waals surface area (Å²) >= 11 is 0. The average molecular weight is 328 g/mol. The normalized spacial score (nSPS) is 20.0. The van der Waals surface area contributed by atoms with E-state index in [1.54, 1.807) is 7.11 Å². The predicted molar refractivity (Wildman–Crippen MR) is 92.3 cm³/mol. The molecule has 1 aliphatic heterocycles. The lowest BCUT2D eigenvalue weighted by Gasteiger charge is -2.44. The number of hydrogen-bond acceptors (Lipinski definition) is 3. The molecule has 1 saturated heterocycles. The molecule has 1 aliphatic carbocycles. The molecule has 0 atom stereocenters. The van der Waals surface area contributed by atoms with Crippen LogP contribution in [-0.4, -0.2) is 48.2 Å². The van der Waals surface area contributed by atoms with Crippen molar-refractivity contribution in [3.8, 4) is 5.75 Å². The summed E-state index contributed by atoms with van der Waals surface area (Å²) in [6, 6.07) is 5.91. The van der Waals surface area contributed by atoms with Crippen molar-refractivity contribution < 1.29 is 14.3 Å². The third-order valence-electron chi connectivity index (χ3n) is 5.55. The highest BCUT2D eigenvalue weighted by Gasteiger charge is 2.44. The van der Waals surface area contributed by atoms with E-state index >= 15 is 0 Å². The molecule has 1 aromatic heterocycles. The molecule has 1 amide bonds. The maximum absolute atomic E-state index is 13.1. The van der Waals surface area contributed by atoms with E-state index in [0.29, 0.717) is 26.2 Å². The zero-order valence-corrected chi connectivity index (χ0v) is 14.1. The summed E-state index contributed by atoms with van der Waals surface area (Å²) in [5.41, 5.74) is 1.95. The van der Waals surface area contributed by atoms with E-state index in [0.717, 1.165) is 35.1 Å². The fourth-order valence-corrected chi connectivity index (χ4v) is 4.36. The van der Waals surface area contributed by atoms with Gasteiger partial charge in [-0.3, -0.25) is 4.79 Å². The number of hydrogen-bond donors (Lipinski definition) is 1. The molecule has 5 nitrogen and oxygen atoms in total. The third-order valence-corrected chi connectivity index (χ3v) is 5.55. The van der Waals surface area contributed by atoms with Gasteiger partial charge in [-0.25, -0.2) is 0 Å². The molecule has 24 heavy (non-hydrogen) atoms. The Hall–Kier alpha value is -2.01. The van der Waals surface area contributed by atoms with Crippen LogP contribution in [-0.2, 0) is 16.0 Å². The zero-order chi connectivity index (χ0) is 16.6. The molecule has 0 unspecified atom stereocenters. The lowest BCUT2D eigenvalue weighted by Crippen LogP contribution is -2.58. The monoisotopic (exact) mass is 328 g/mol. The lowest BCUT2D eigenvalue weighted by molar-refractivity contribution is -0.148. The molecule has 4 rings (SSSR count). The van der Waals surface area contributed by atoms with Crippen LogP contribution in [0, 0.1) is 0 Å². The highest BCUT2D eigenvalue weighted by atomic mass is 16.5. The van der Waals surface area contributed by atoms with E-state index in [-0.39, 0.29) is 11.4 Å². The van der Waals surface area contributed by atoms with Crippen molar-refractivity contribution in [3.05, 3.63) is 30.0 Å². The summed E-state index contributed by atoms with van der Waals surface area (Å²) in [5, 5.41) is 1.02. The number of nitrogens with one attached hydrogen (secondary N) is 1. The summed E-state index contributed by atoms with van der Waals surface area (Å²) < 4.78 is 11.2. The predicted octanol–water partition coefficient (Wildman–Crippen LogP) is 2.89. The van der Waals surface area contributed by atoms with Crippen LogP contribution in [0.5, 0.6) is 5.75 Å². The summed E-state index contributed by atoms with van der Waals surface area (Å²) in [5.74, 6) is 1.01. The Morgan fingerprint density at radius 2 is 2.21 bits per heavy atom. The van der Waals surface area contributed by atoms with Gasteiger partial charge >= 0.3 is 0 Å². The fourth-order valence-electron chi connectivity index (χ4n) is 4.36. The Labute approximate surface area is 141 Å². The van der Waals surface area contributed by atoms with Crippen molar-refractivity contribution in [2.24, 2.45) is 0 Å². The number of carbonyl (C=O) groups is 1. The van der Waals surface area contributed by atoms with Gasteiger partial charge in [0.2, 0.25) is 5.91 Å². The molecule has 2 heterocycles. The SMILES string of the molecule is COc1cccc2[nH]cc(CC(=O)N3CCOCC34CCCC4)c12. The Morgan fingerprint density at radius 3 is 3.00 bits per heavy atom. The number of H-pyrrole nitrogens is 1. The van der Waals surface area contributed by atoms with E-state index in [4.69, 9.17) is 9.47 Å². The second-order valence-electron chi connectivity index (χ2n) is 6.90. The number of ether oxygens (including phenoxy) is 2. The van der Waals surface area contributed by atoms with E-state index in [2.05, 4.69) is 9.88 Å². The molecule has 1 spiro atoms. The van der Waals surface area contributed by atoms with Crippen LogP contribution in [0.25, 0.3) is 10.9 Å². The van der Waals surface area contributed by atoms with E-state index in [9.17, 15) is 4.79 Å². The molecule has 1 aromatic carbocycles. The largest absolute Gasteiger partial charge is 0.496 e. The third kappa shape index (κ3) is 2.47. The Bertz CT molecular complexity index is 746. The quantitative estimate of drug-likeness (QED) is 0.942. The molecule has 1 N–H and O–H groups in total. The van der Waals surface area contributed by atoms with Gasteiger partial charge in [0.25, 0.3) is 0 Å². The number of methoxy groups -OCH3 is 1. The fraction of sp³-hybridized carbons (Fsp3) is 0.526. The molecule has 1 saturated carbocycles. The van der Waals surface area contributed by atoms with Crippen LogP contribution in [0.2, 0.25) is 0 Å². The van der Waals surface area contributed by atoms with Gasteiger partial charge in [0.15, 0.2) is 0 Å². The van der Waals surface area contributed by atoms with Gasteiger partial charge in [0, 0.05) is 23.6 Å². The first-order chi connectivity index (χ1) is 11.7. The second-order valence-corrected chi connectivity index (χ2v) is 6.90. The van der Waals surface area contributed by atoms with Crippen molar-refractivity contribution in [1.29, 1.82) is 0 Å². The standard InChI is InChI=1S/C19H24N2O3/c1-23-16-6-4-5-15-18(16)14(12-20-15)11-17(22)21-9-10-24-13-19(21)7-2-3-8-19/h4-6,12,20H,2-3,7-11,13H2,1H3. The van der Waals surface area contributed by atoms with Crippen molar-refractivity contribution in [2.75, 3.05) is 26.9 Å².